The molecule has 0 bridgehead atoms. The zero-order valence-corrected chi connectivity index (χ0v) is 16.4. The van der Waals surface area contributed by atoms with Crippen LogP contribution >= 0.6 is 11.3 Å². The molecule has 3 aromatic rings. The lowest BCUT2D eigenvalue weighted by Crippen LogP contribution is -2.41. The van der Waals surface area contributed by atoms with Gasteiger partial charge in [0.05, 0.1) is 10.6 Å². The quantitative estimate of drug-likeness (QED) is 0.639. The van der Waals surface area contributed by atoms with E-state index in [1.807, 2.05) is 59.7 Å². The highest BCUT2D eigenvalue weighted by atomic mass is 32.1. The fourth-order valence-corrected chi connectivity index (χ4v) is 4.50. The van der Waals surface area contributed by atoms with Crippen molar-refractivity contribution in [2.75, 3.05) is 6.54 Å². The summed E-state index contributed by atoms with van der Waals surface area (Å²) >= 11 is 1.60. The number of hydrogen-bond acceptors (Lipinski definition) is 4. The molecule has 0 atom stereocenters. The molecule has 0 N–H and O–H groups in total. The minimum absolute atomic E-state index is 0.0584. The van der Waals surface area contributed by atoms with E-state index in [0.717, 1.165) is 29.2 Å². The van der Waals surface area contributed by atoms with Gasteiger partial charge in [0.2, 0.25) is 5.82 Å². The minimum Gasteiger partial charge on any atom is -0.333 e. The maximum absolute atomic E-state index is 13.2. The van der Waals surface area contributed by atoms with E-state index in [9.17, 15) is 4.79 Å². The lowest BCUT2D eigenvalue weighted by atomic mass is 9.94. The van der Waals surface area contributed by atoms with Gasteiger partial charge in [-0.2, -0.15) is 0 Å². The fraction of sp³-hybridized carbons (Fsp3) is 0.381. The number of rotatable bonds is 5. The third-order valence-corrected chi connectivity index (χ3v) is 6.02. The third kappa shape index (κ3) is 3.67. The van der Waals surface area contributed by atoms with Crippen molar-refractivity contribution < 1.29 is 4.79 Å². The molecule has 1 fully saturated rings. The highest BCUT2D eigenvalue weighted by molar-refractivity contribution is 7.13. The van der Waals surface area contributed by atoms with Gasteiger partial charge in [0.1, 0.15) is 0 Å². The molecular formula is C21H24N4OS. The summed E-state index contributed by atoms with van der Waals surface area (Å²) in [7, 11) is 0. The van der Waals surface area contributed by atoms with Crippen LogP contribution in [0, 0.1) is 0 Å². The number of thiophene rings is 1. The molecule has 0 saturated heterocycles. The average molecular weight is 381 g/mol. The lowest BCUT2D eigenvalue weighted by molar-refractivity contribution is 0.0635. The molecule has 1 amide bonds. The number of carbonyl (C=O) groups is 1. The van der Waals surface area contributed by atoms with E-state index in [1.165, 1.54) is 19.3 Å². The number of carbonyl (C=O) groups excluding carboxylic acids is 1. The molecule has 2 aromatic heterocycles. The smallest absolute Gasteiger partial charge is 0.293 e. The predicted octanol–water partition coefficient (Wildman–Crippen LogP) is 4.79. The Morgan fingerprint density at radius 3 is 2.59 bits per heavy atom. The number of para-hydroxylation sites is 1. The van der Waals surface area contributed by atoms with Crippen LogP contribution in [0.5, 0.6) is 0 Å². The van der Waals surface area contributed by atoms with Crippen molar-refractivity contribution >= 4 is 17.2 Å². The van der Waals surface area contributed by atoms with Crippen LogP contribution in [0.4, 0.5) is 0 Å². The molecule has 5 nitrogen and oxygen atoms in total. The fourth-order valence-electron chi connectivity index (χ4n) is 3.81. The molecule has 27 heavy (non-hydrogen) atoms. The molecule has 0 radical (unpaired) electrons. The summed E-state index contributed by atoms with van der Waals surface area (Å²) in [4.78, 5) is 20.9. The molecule has 6 heteroatoms. The van der Waals surface area contributed by atoms with Gasteiger partial charge in [-0.15, -0.1) is 16.4 Å². The van der Waals surface area contributed by atoms with Crippen molar-refractivity contribution in [3.8, 4) is 16.4 Å². The van der Waals surface area contributed by atoms with Crippen LogP contribution in [-0.4, -0.2) is 38.2 Å². The molecular weight excluding hydrogens is 356 g/mol. The summed E-state index contributed by atoms with van der Waals surface area (Å²) in [5, 5.41) is 6.64. The van der Waals surface area contributed by atoms with E-state index in [0.29, 0.717) is 12.6 Å². The van der Waals surface area contributed by atoms with Crippen LogP contribution in [0.3, 0.4) is 0 Å². The Morgan fingerprint density at radius 2 is 1.93 bits per heavy atom. The van der Waals surface area contributed by atoms with E-state index >= 15 is 0 Å². The average Bonchev–Trinajstić information content (AvgIpc) is 3.40. The van der Waals surface area contributed by atoms with Crippen molar-refractivity contribution in [1.82, 2.24) is 19.7 Å². The highest BCUT2D eigenvalue weighted by Gasteiger charge is 2.28. The molecule has 0 aliphatic heterocycles. The number of nitrogens with zero attached hydrogens (tertiary/aromatic N) is 4. The summed E-state index contributed by atoms with van der Waals surface area (Å²) in [6.07, 6.45) is 5.82. The maximum Gasteiger partial charge on any atom is 0.293 e. The molecule has 1 saturated carbocycles. The van der Waals surface area contributed by atoms with Gasteiger partial charge in [-0.05, 0) is 43.3 Å². The second-order valence-corrected chi connectivity index (χ2v) is 7.81. The van der Waals surface area contributed by atoms with Gasteiger partial charge < -0.3 is 4.90 Å². The van der Waals surface area contributed by atoms with Crippen LogP contribution in [0.2, 0.25) is 0 Å². The Kier molecular flexibility index (Phi) is 5.34. The molecule has 1 aliphatic carbocycles. The van der Waals surface area contributed by atoms with Gasteiger partial charge in [0.25, 0.3) is 5.91 Å². The topological polar surface area (TPSA) is 51.0 Å². The lowest BCUT2D eigenvalue weighted by Gasteiger charge is -2.32. The Balaban J connectivity index is 1.71. The van der Waals surface area contributed by atoms with E-state index in [-0.39, 0.29) is 11.7 Å². The number of aromatic nitrogens is 3. The van der Waals surface area contributed by atoms with Crippen LogP contribution < -0.4 is 0 Å². The summed E-state index contributed by atoms with van der Waals surface area (Å²) < 4.78 is 1.79. The molecule has 1 aromatic carbocycles. The van der Waals surface area contributed by atoms with Crippen molar-refractivity contribution in [2.24, 2.45) is 0 Å². The SMILES string of the molecule is CCN(C(=O)c1nc(-c2cccs2)n(-c2ccccc2)n1)C1CCCCC1. The summed E-state index contributed by atoms with van der Waals surface area (Å²) in [6, 6.07) is 14.2. The van der Waals surface area contributed by atoms with E-state index in [4.69, 9.17) is 0 Å². The Bertz CT molecular complexity index is 882. The molecule has 2 heterocycles. The summed E-state index contributed by atoms with van der Waals surface area (Å²) in [6.45, 7) is 2.73. The predicted molar refractivity (Wildman–Crippen MR) is 108 cm³/mol. The first-order valence-electron chi connectivity index (χ1n) is 9.65. The standard InChI is InChI=1S/C21H24N4OS/c1-2-24(16-10-5-3-6-11-16)21(26)19-22-20(18-14-9-15-27-18)25(23-19)17-12-7-4-8-13-17/h4,7-9,12-16H,2-3,5-6,10-11H2,1H3. The molecule has 1 aliphatic rings. The zero-order valence-electron chi connectivity index (χ0n) is 15.5. The first-order chi connectivity index (χ1) is 13.3. The van der Waals surface area contributed by atoms with Crippen LogP contribution in [0.1, 0.15) is 49.6 Å². The van der Waals surface area contributed by atoms with Gasteiger partial charge in [-0.3, -0.25) is 4.79 Å². The number of amides is 1. The minimum atomic E-state index is -0.0584. The second kappa shape index (κ2) is 8.05. The van der Waals surface area contributed by atoms with Gasteiger partial charge >= 0.3 is 0 Å². The van der Waals surface area contributed by atoms with Gasteiger partial charge in [-0.1, -0.05) is 43.5 Å². The summed E-state index contributed by atoms with van der Waals surface area (Å²) in [5.41, 5.74) is 0.910. The summed E-state index contributed by atoms with van der Waals surface area (Å²) in [5.74, 6) is 0.950. The molecule has 4 rings (SSSR count). The van der Waals surface area contributed by atoms with Gasteiger partial charge in [0.15, 0.2) is 5.82 Å². The maximum atomic E-state index is 13.2. The number of hydrogen-bond donors (Lipinski definition) is 0. The monoisotopic (exact) mass is 380 g/mol. The van der Waals surface area contributed by atoms with Gasteiger partial charge in [-0.25, -0.2) is 9.67 Å². The Labute approximate surface area is 163 Å². The molecule has 0 spiro atoms. The normalized spacial score (nSPS) is 15.0. The van der Waals surface area contributed by atoms with E-state index < -0.39 is 0 Å². The van der Waals surface area contributed by atoms with Crippen LogP contribution in [0.25, 0.3) is 16.4 Å². The highest BCUT2D eigenvalue weighted by Crippen LogP contribution is 2.27. The molecule has 0 unspecified atom stereocenters. The third-order valence-electron chi connectivity index (χ3n) is 5.16. The van der Waals surface area contributed by atoms with Crippen molar-refractivity contribution in [3.05, 3.63) is 53.7 Å². The van der Waals surface area contributed by atoms with Crippen LogP contribution in [-0.2, 0) is 0 Å². The number of benzene rings is 1. The first kappa shape index (κ1) is 17.9. The Hall–Kier alpha value is -2.47. The zero-order chi connectivity index (χ0) is 18.6. The van der Waals surface area contributed by atoms with Crippen molar-refractivity contribution in [1.29, 1.82) is 0 Å². The molecule has 140 valence electrons. The van der Waals surface area contributed by atoms with Crippen LogP contribution in [0.15, 0.2) is 47.8 Å². The second-order valence-electron chi connectivity index (χ2n) is 6.87. The first-order valence-corrected chi connectivity index (χ1v) is 10.5. The Morgan fingerprint density at radius 1 is 1.15 bits per heavy atom. The van der Waals surface area contributed by atoms with Gasteiger partial charge in [0, 0.05) is 12.6 Å². The largest absolute Gasteiger partial charge is 0.333 e. The van der Waals surface area contributed by atoms with E-state index in [2.05, 4.69) is 10.1 Å². The van der Waals surface area contributed by atoms with Crippen molar-refractivity contribution in [3.63, 3.8) is 0 Å². The van der Waals surface area contributed by atoms with E-state index in [1.54, 1.807) is 16.0 Å². The van der Waals surface area contributed by atoms with Crippen molar-refractivity contribution in [2.45, 2.75) is 45.1 Å².